The predicted molar refractivity (Wildman–Crippen MR) is 46.2 cm³/mol. The molecule has 0 amide bonds. The summed E-state index contributed by atoms with van der Waals surface area (Å²) in [7, 11) is 0. The van der Waals surface area contributed by atoms with Crippen LogP contribution < -0.4 is 0 Å². The Hall–Kier alpha value is -0.760. The number of nitrogens with zero attached hydrogens (tertiary/aromatic N) is 1. The van der Waals surface area contributed by atoms with Crippen molar-refractivity contribution in [3.8, 4) is 0 Å². The Balaban J connectivity index is 2.38. The van der Waals surface area contributed by atoms with Crippen molar-refractivity contribution in [2.45, 2.75) is 18.9 Å². The molecule has 2 nitrogen and oxygen atoms in total. The van der Waals surface area contributed by atoms with E-state index < -0.39 is 0 Å². The first-order valence-corrected chi connectivity index (χ1v) is 3.98. The van der Waals surface area contributed by atoms with E-state index in [4.69, 9.17) is 0 Å². The minimum atomic E-state index is -0.108. The molecule has 0 saturated carbocycles. The SMILES string of the molecule is C=CC(=C)N1CCC(O)CC1. The third kappa shape index (κ3) is 2.09. The molecule has 1 heterocycles. The Morgan fingerprint density at radius 3 is 2.45 bits per heavy atom. The normalized spacial score (nSPS) is 19.9. The fourth-order valence-corrected chi connectivity index (χ4v) is 1.28. The lowest BCUT2D eigenvalue weighted by molar-refractivity contribution is 0.0988. The number of aliphatic hydroxyl groups is 1. The predicted octanol–water partition coefficient (Wildman–Crippen LogP) is 1.14. The molecule has 0 aromatic heterocycles. The van der Waals surface area contributed by atoms with E-state index >= 15 is 0 Å². The number of aliphatic hydroxyl groups excluding tert-OH is 1. The Morgan fingerprint density at radius 2 is 2.00 bits per heavy atom. The van der Waals surface area contributed by atoms with Crippen LogP contribution >= 0.6 is 0 Å². The molecule has 11 heavy (non-hydrogen) atoms. The fraction of sp³-hybridized carbons (Fsp3) is 0.556. The van der Waals surface area contributed by atoms with E-state index in [1.165, 1.54) is 0 Å². The lowest BCUT2D eigenvalue weighted by atomic mass is 10.1. The highest BCUT2D eigenvalue weighted by Gasteiger charge is 2.16. The molecule has 0 spiro atoms. The number of hydrogen-bond donors (Lipinski definition) is 1. The van der Waals surface area contributed by atoms with Crippen LogP contribution in [0.3, 0.4) is 0 Å². The van der Waals surface area contributed by atoms with Gasteiger partial charge in [0.25, 0.3) is 0 Å². The van der Waals surface area contributed by atoms with Gasteiger partial charge in [-0.15, -0.1) is 0 Å². The average Bonchev–Trinajstić information content (AvgIpc) is 2.05. The average molecular weight is 153 g/mol. The summed E-state index contributed by atoms with van der Waals surface area (Å²) < 4.78 is 0. The highest BCUT2D eigenvalue weighted by Crippen LogP contribution is 2.14. The fourth-order valence-electron chi connectivity index (χ4n) is 1.28. The molecular weight excluding hydrogens is 138 g/mol. The van der Waals surface area contributed by atoms with Crippen LogP contribution in [0.4, 0.5) is 0 Å². The zero-order valence-electron chi connectivity index (χ0n) is 6.79. The van der Waals surface area contributed by atoms with E-state index in [1.807, 2.05) is 0 Å². The molecule has 0 aromatic rings. The topological polar surface area (TPSA) is 23.5 Å². The van der Waals surface area contributed by atoms with Crippen LogP contribution in [0.25, 0.3) is 0 Å². The van der Waals surface area contributed by atoms with Gasteiger partial charge in [0.05, 0.1) is 6.10 Å². The number of rotatable bonds is 2. The molecular formula is C9H15NO. The zero-order chi connectivity index (χ0) is 8.27. The second-order valence-corrected chi connectivity index (χ2v) is 2.91. The second-order valence-electron chi connectivity index (χ2n) is 2.91. The highest BCUT2D eigenvalue weighted by molar-refractivity contribution is 5.10. The van der Waals surface area contributed by atoms with Gasteiger partial charge in [-0.1, -0.05) is 13.2 Å². The summed E-state index contributed by atoms with van der Waals surface area (Å²) in [5.74, 6) is 0. The van der Waals surface area contributed by atoms with Crippen LogP contribution in [-0.2, 0) is 0 Å². The van der Waals surface area contributed by atoms with Gasteiger partial charge in [0.2, 0.25) is 0 Å². The molecule has 0 atom stereocenters. The summed E-state index contributed by atoms with van der Waals surface area (Å²) in [6, 6.07) is 0. The molecule has 62 valence electrons. The third-order valence-electron chi connectivity index (χ3n) is 2.11. The van der Waals surface area contributed by atoms with Crippen molar-refractivity contribution in [1.29, 1.82) is 0 Å². The van der Waals surface area contributed by atoms with E-state index in [0.29, 0.717) is 0 Å². The zero-order valence-corrected chi connectivity index (χ0v) is 6.79. The molecule has 0 unspecified atom stereocenters. The molecule has 1 rings (SSSR count). The lowest BCUT2D eigenvalue weighted by Crippen LogP contribution is -2.34. The molecule has 0 aliphatic carbocycles. The van der Waals surface area contributed by atoms with Gasteiger partial charge in [0.15, 0.2) is 0 Å². The smallest absolute Gasteiger partial charge is 0.0574 e. The van der Waals surface area contributed by atoms with E-state index in [-0.39, 0.29) is 6.10 Å². The van der Waals surface area contributed by atoms with Crippen LogP contribution in [0.1, 0.15) is 12.8 Å². The molecule has 1 N–H and O–H groups in total. The molecule has 1 aliphatic heterocycles. The molecule has 0 bridgehead atoms. The molecule has 1 fully saturated rings. The van der Waals surface area contributed by atoms with Gasteiger partial charge in [-0.3, -0.25) is 0 Å². The second kappa shape index (κ2) is 3.58. The van der Waals surface area contributed by atoms with E-state index in [1.54, 1.807) is 6.08 Å². The van der Waals surface area contributed by atoms with Crippen molar-refractivity contribution in [2.24, 2.45) is 0 Å². The Kier molecular flexibility index (Phi) is 2.71. The van der Waals surface area contributed by atoms with Gasteiger partial charge >= 0.3 is 0 Å². The van der Waals surface area contributed by atoms with E-state index in [0.717, 1.165) is 31.6 Å². The summed E-state index contributed by atoms with van der Waals surface area (Å²) >= 11 is 0. The van der Waals surface area contributed by atoms with Crippen LogP contribution in [-0.4, -0.2) is 29.2 Å². The maximum Gasteiger partial charge on any atom is 0.0574 e. The first-order chi connectivity index (χ1) is 5.24. The Morgan fingerprint density at radius 1 is 1.45 bits per heavy atom. The number of allylic oxidation sites excluding steroid dienone is 1. The van der Waals surface area contributed by atoms with Crippen molar-refractivity contribution >= 4 is 0 Å². The maximum atomic E-state index is 9.20. The summed E-state index contributed by atoms with van der Waals surface area (Å²) in [6.45, 7) is 9.32. The molecule has 0 aromatic carbocycles. The first kappa shape index (κ1) is 8.34. The van der Waals surface area contributed by atoms with E-state index in [2.05, 4.69) is 18.1 Å². The molecule has 1 aliphatic rings. The minimum Gasteiger partial charge on any atom is -0.393 e. The van der Waals surface area contributed by atoms with Crippen LogP contribution in [0.5, 0.6) is 0 Å². The van der Waals surface area contributed by atoms with Crippen molar-refractivity contribution in [3.05, 3.63) is 24.9 Å². The standard InChI is InChI=1S/C9H15NO/c1-3-8(2)10-6-4-9(11)5-7-10/h3,9,11H,1-2,4-7H2. The van der Waals surface area contributed by atoms with Gasteiger partial charge in [-0.25, -0.2) is 0 Å². The number of likely N-dealkylation sites (tertiary alicyclic amines) is 1. The third-order valence-corrected chi connectivity index (χ3v) is 2.11. The van der Waals surface area contributed by atoms with Gasteiger partial charge < -0.3 is 10.0 Å². The van der Waals surface area contributed by atoms with Crippen molar-refractivity contribution < 1.29 is 5.11 Å². The summed E-state index contributed by atoms with van der Waals surface area (Å²) in [5.41, 5.74) is 0.969. The molecule has 2 heteroatoms. The summed E-state index contributed by atoms with van der Waals surface area (Å²) in [5, 5.41) is 9.20. The number of hydrogen-bond acceptors (Lipinski definition) is 2. The summed E-state index contributed by atoms with van der Waals surface area (Å²) in [6.07, 6.45) is 3.36. The molecule has 0 radical (unpaired) electrons. The Bertz CT molecular complexity index is 157. The van der Waals surface area contributed by atoms with Gasteiger partial charge in [-0.05, 0) is 18.9 Å². The maximum absolute atomic E-state index is 9.20. The largest absolute Gasteiger partial charge is 0.393 e. The molecule has 1 saturated heterocycles. The van der Waals surface area contributed by atoms with Crippen LogP contribution in [0.2, 0.25) is 0 Å². The first-order valence-electron chi connectivity index (χ1n) is 3.98. The lowest BCUT2D eigenvalue weighted by Gasteiger charge is -2.31. The van der Waals surface area contributed by atoms with Gasteiger partial charge in [0.1, 0.15) is 0 Å². The van der Waals surface area contributed by atoms with Crippen LogP contribution in [0, 0.1) is 0 Å². The summed E-state index contributed by atoms with van der Waals surface area (Å²) in [4.78, 5) is 2.15. The van der Waals surface area contributed by atoms with Gasteiger partial charge in [-0.2, -0.15) is 0 Å². The van der Waals surface area contributed by atoms with Gasteiger partial charge in [0, 0.05) is 18.8 Å². The highest BCUT2D eigenvalue weighted by atomic mass is 16.3. The van der Waals surface area contributed by atoms with E-state index in [9.17, 15) is 5.11 Å². The quantitative estimate of drug-likeness (QED) is 0.601. The van der Waals surface area contributed by atoms with Crippen molar-refractivity contribution in [3.63, 3.8) is 0 Å². The van der Waals surface area contributed by atoms with Crippen molar-refractivity contribution in [1.82, 2.24) is 4.90 Å². The van der Waals surface area contributed by atoms with Crippen molar-refractivity contribution in [2.75, 3.05) is 13.1 Å². The monoisotopic (exact) mass is 153 g/mol. The van der Waals surface area contributed by atoms with Crippen LogP contribution in [0.15, 0.2) is 24.9 Å². The minimum absolute atomic E-state index is 0.108. The number of piperidine rings is 1. The Labute approximate surface area is 67.8 Å².